The maximum atomic E-state index is 12.0. The van der Waals surface area contributed by atoms with Crippen molar-refractivity contribution in [1.29, 1.82) is 0 Å². The summed E-state index contributed by atoms with van der Waals surface area (Å²) in [6, 6.07) is 0.303. The van der Waals surface area contributed by atoms with Gasteiger partial charge in [-0.2, -0.15) is 0 Å². The molecule has 5 atom stereocenters. The van der Waals surface area contributed by atoms with Crippen LogP contribution in [0.25, 0.3) is 0 Å². The molecule has 1 saturated heterocycles. The van der Waals surface area contributed by atoms with Gasteiger partial charge in [-0.15, -0.1) is 0 Å². The highest BCUT2D eigenvalue weighted by Gasteiger charge is 2.41. The minimum absolute atomic E-state index is 0.112. The maximum absolute atomic E-state index is 12.0. The summed E-state index contributed by atoms with van der Waals surface area (Å²) in [5, 5.41) is 3.18. The summed E-state index contributed by atoms with van der Waals surface area (Å²) in [4.78, 5) is 12.0. The van der Waals surface area contributed by atoms with Gasteiger partial charge in [0, 0.05) is 12.1 Å². The number of hydrogen-bond donors (Lipinski definition) is 2. The second-order valence-corrected chi connectivity index (χ2v) is 5.60. The van der Waals surface area contributed by atoms with Crippen molar-refractivity contribution in [1.82, 2.24) is 5.32 Å². The summed E-state index contributed by atoms with van der Waals surface area (Å²) < 4.78 is 5.23. The van der Waals surface area contributed by atoms with Gasteiger partial charge >= 0.3 is 0 Å². The topological polar surface area (TPSA) is 64.3 Å². The molecule has 0 spiro atoms. The van der Waals surface area contributed by atoms with Crippen molar-refractivity contribution >= 4 is 5.91 Å². The molecular weight excluding hydrogens is 204 g/mol. The van der Waals surface area contributed by atoms with E-state index in [1.54, 1.807) is 0 Å². The summed E-state index contributed by atoms with van der Waals surface area (Å²) in [5.41, 5.74) is 5.84. The molecule has 2 aliphatic carbocycles. The lowest BCUT2D eigenvalue weighted by Gasteiger charge is -2.25. The van der Waals surface area contributed by atoms with Crippen LogP contribution >= 0.6 is 0 Å². The molecule has 2 saturated carbocycles. The number of rotatable bonds is 2. The Balaban J connectivity index is 1.56. The van der Waals surface area contributed by atoms with E-state index < -0.39 is 0 Å². The van der Waals surface area contributed by atoms with Gasteiger partial charge in [-0.1, -0.05) is 6.42 Å². The van der Waals surface area contributed by atoms with Crippen LogP contribution in [0.4, 0.5) is 0 Å². The van der Waals surface area contributed by atoms with Crippen LogP contribution in [0.5, 0.6) is 0 Å². The fourth-order valence-corrected chi connectivity index (χ4v) is 3.55. The zero-order chi connectivity index (χ0) is 11.1. The van der Waals surface area contributed by atoms with E-state index in [9.17, 15) is 4.79 Å². The first-order valence-corrected chi connectivity index (χ1v) is 6.37. The van der Waals surface area contributed by atoms with Crippen molar-refractivity contribution in [2.75, 3.05) is 13.2 Å². The number of fused-ring (bicyclic) bond motifs is 2. The fourth-order valence-electron chi connectivity index (χ4n) is 3.55. The van der Waals surface area contributed by atoms with Gasteiger partial charge in [0.05, 0.1) is 19.1 Å². The van der Waals surface area contributed by atoms with Crippen LogP contribution in [0.3, 0.4) is 0 Å². The molecule has 1 amide bonds. The first-order chi connectivity index (χ1) is 7.74. The molecule has 4 nitrogen and oxygen atoms in total. The molecule has 1 aliphatic heterocycles. The molecule has 0 aromatic heterocycles. The Hall–Kier alpha value is -0.610. The van der Waals surface area contributed by atoms with Crippen molar-refractivity contribution in [3.63, 3.8) is 0 Å². The van der Waals surface area contributed by atoms with Gasteiger partial charge in [-0.25, -0.2) is 0 Å². The molecule has 3 N–H and O–H groups in total. The molecule has 2 bridgehead atoms. The van der Waals surface area contributed by atoms with E-state index >= 15 is 0 Å². The zero-order valence-corrected chi connectivity index (χ0v) is 9.52. The number of nitrogens with one attached hydrogen (secondary N) is 1. The Morgan fingerprint density at radius 1 is 1.25 bits per heavy atom. The second kappa shape index (κ2) is 4.00. The summed E-state index contributed by atoms with van der Waals surface area (Å²) in [6.07, 6.45) is 5.16. The Bertz CT molecular complexity index is 295. The number of carbonyl (C=O) groups is 1. The second-order valence-electron chi connectivity index (χ2n) is 5.60. The summed E-state index contributed by atoms with van der Waals surface area (Å²) >= 11 is 0. The van der Waals surface area contributed by atoms with E-state index in [1.165, 1.54) is 25.7 Å². The predicted octanol–water partition coefficient (Wildman–Crippen LogP) is 0.265. The van der Waals surface area contributed by atoms with Crippen LogP contribution in [-0.2, 0) is 9.53 Å². The lowest BCUT2D eigenvalue weighted by atomic mass is 9.94. The van der Waals surface area contributed by atoms with E-state index in [-0.39, 0.29) is 17.9 Å². The van der Waals surface area contributed by atoms with Gasteiger partial charge in [-0.3, -0.25) is 4.79 Å². The van der Waals surface area contributed by atoms with Crippen molar-refractivity contribution in [3.05, 3.63) is 0 Å². The van der Waals surface area contributed by atoms with Crippen LogP contribution in [0.2, 0.25) is 0 Å². The lowest BCUT2D eigenvalue weighted by Crippen LogP contribution is -2.46. The number of amides is 1. The molecule has 0 aromatic rings. The molecule has 0 radical (unpaired) electrons. The van der Waals surface area contributed by atoms with Gasteiger partial charge in [0.2, 0.25) is 5.91 Å². The van der Waals surface area contributed by atoms with E-state index in [4.69, 9.17) is 10.5 Å². The van der Waals surface area contributed by atoms with Crippen LogP contribution in [-0.4, -0.2) is 31.2 Å². The van der Waals surface area contributed by atoms with E-state index in [1.807, 2.05) is 0 Å². The number of ether oxygens (including phenoxy) is 1. The predicted molar refractivity (Wildman–Crippen MR) is 59.7 cm³/mol. The van der Waals surface area contributed by atoms with Crippen LogP contribution < -0.4 is 11.1 Å². The average molecular weight is 224 g/mol. The van der Waals surface area contributed by atoms with Gasteiger partial charge in [-0.05, 0) is 31.1 Å². The average Bonchev–Trinajstić information content (AvgIpc) is 2.92. The highest BCUT2D eigenvalue weighted by atomic mass is 16.5. The Kier molecular flexibility index (Phi) is 2.64. The lowest BCUT2D eigenvalue weighted by molar-refractivity contribution is -0.126. The third-order valence-corrected chi connectivity index (χ3v) is 4.53. The van der Waals surface area contributed by atoms with Crippen LogP contribution in [0.15, 0.2) is 0 Å². The maximum Gasteiger partial charge on any atom is 0.227 e. The first-order valence-electron chi connectivity index (χ1n) is 6.37. The van der Waals surface area contributed by atoms with Crippen molar-refractivity contribution in [2.45, 2.75) is 37.8 Å². The first kappa shape index (κ1) is 10.5. The highest BCUT2D eigenvalue weighted by Crippen LogP contribution is 2.44. The van der Waals surface area contributed by atoms with Crippen molar-refractivity contribution in [2.24, 2.45) is 23.5 Å². The van der Waals surface area contributed by atoms with E-state index in [0.717, 1.165) is 11.8 Å². The molecule has 4 heteroatoms. The largest absolute Gasteiger partial charge is 0.379 e. The molecule has 1 heterocycles. The summed E-state index contributed by atoms with van der Waals surface area (Å²) in [6.45, 7) is 1.02. The highest BCUT2D eigenvalue weighted by molar-refractivity contribution is 5.80. The molecule has 90 valence electrons. The van der Waals surface area contributed by atoms with Crippen LogP contribution in [0, 0.1) is 17.8 Å². The minimum atomic E-state index is -0.126. The summed E-state index contributed by atoms with van der Waals surface area (Å²) in [5.74, 6) is 1.58. The summed E-state index contributed by atoms with van der Waals surface area (Å²) in [7, 11) is 0. The van der Waals surface area contributed by atoms with Crippen LogP contribution in [0.1, 0.15) is 25.7 Å². The van der Waals surface area contributed by atoms with E-state index in [0.29, 0.717) is 19.3 Å². The molecule has 5 unspecified atom stereocenters. The fraction of sp³-hybridized carbons (Fsp3) is 0.917. The Morgan fingerprint density at radius 2 is 2.12 bits per heavy atom. The minimum Gasteiger partial charge on any atom is -0.379 e. The molecule has 0 aromatic carbocycles. The molecule has 3 fully saturated rings. The van der Waals surface area contributed by atoms with Crippen molar-refractivity contribution < 1.29 is 9.53 Å². The number of carbonyl (C=O) groups excluding carboxylic acids is 1. The zero-order valence-electron chi connectivity index (χ0n) is 9.52. The monoisotopic (exact) mass is 224 g/mol. The third kappa shape index (κ3) is 1.74. The normalized spacial score (nSPS) is 46.2. The van der Waals surface area contributed by atoms with E-state index in [2.05, 4.69) is 5.32 Å². The Morgan fingerprint density at radius 3 is 2.69 bits per heavy atom. The molecular formula is C12H20N2O2. The smallest absolute Gasteiger partial charge is 0.227 e. The molecule has 16 heavy (non-hydrogen) atoms. The van der Waals surface area contributed by atoms with Gasteiger partial charge in [0.25, 0.3) is 0 Å². The molecule has 3 aliphatic rings. The number of hydrogen-bond acceptors (Lipinski definition) is 3. The number of nitrogens with two attached hydrogens (primary N) is 1. The van der Waals surface area contributed by atoms with Gasteiger partial charge < -0.3 is 15.8 Å². The van der Waals surface area contributed by atoms with Gasteiger partial charge in [0.1, 0.15) is 0 Å². The third-order valence-electron chi connectivity index (χ3n) is 4.53. The Labute approximate surface area is 95.9 Å². The quantitative estimate of drug-likeness (QED) is 0.707. The van der Waals surface area contributed by atoms with Crippen molar-refractivity contribution in [3.8, 4) is 0 Å². The SMILES string of the molecule is NC1COCC1C(=O)NC1CC2CCC1C2. The standard InChI is InChI=1S/C12H20N2O2/c13-10-6-16-5-9(10)12(15)14-11-4-7-1-2-8(11)3-7/h7-11H,1-6,13H2,(H,14,15). The van der Waals surface area contributed by atoms with Gasteiger partial charge in [0.15, 0.2) is 0 Å². The molecule has 3 rings (SSSR count).